The molecule has 0 bridgehead atoms. The summed E-state index contributed by atoms with van der Waals surface area (Å²) in [6.07, 6.45) is 0. The van der Waals surface area contributed by atoms with Gasteiger partial charge in [0, 0.05) is 11.1 Å². The standard InChI is InChI=1S/C15H7BrCl2N4O2S/c16-8-5-6(1-3-9(8)23)13-19-20-15-22(13)21-14(25-15)7-2-4-10(24)12(18)11(7)17/h1-5,23-24H. The highest BCUT2D eigenvalue weighted by Gasteiger charge is 2.18. The molecule has 0 fully saturated rings. The fraction of sp³-hybridized carbons (Fsp3) is 0. The van der Waals surface area contributed by atoms with Gasteiger partial charge >= 0.3 is 0 Å². The molecule has 0 saturated carbocycles. The molecule has 0 aliphatic heterocycles. The molecular weight excluding hydrogens is 451 g/mol. The van der Waals surface area contributed by atoms with E-state index in [1.807, 2.05) is 0 Å². The SMILES string of the molecule is Oc1ccc(-c2nnc3sc(-c4ccc(O)c(Cl)c4Cl)nn23)cc1Br. The molecule has 0 aliphatic rings. The summed E-state index contributed by atoms with van der Waals surface area (Å²) in [7, 11) is 0. The number of rotatable bonds is 2. The van der Waals surface area contributed by atoms with Crippen LogP contribution in [0.4, 0.5) is 0 Å². The van der Waals surface area contributed by atoms with E-state index in [1.165, 1.54) is 17.4 Å². The molecule has 0 aliphatic carbocycles. The molecule has 2 aromatic heterocycles. The Bertz CT molecular complexity index is 1130. The second-order valence-corrected chi connectivity index (χ2v) is 7.62. The zero-order valence-corrected chi connectivity index (χ0v) is 16.0. The monoisotopic (exact) mass is 456 g/mol. The van der Waals surface area contributed by atoms with Crippen molar-refractivity contribution in [2.75, 3.05) is 0 Å². The molecule has 126 valence electrons. The fourth-order valence-electron chi connectivity index (χ4n) is 2.26. The maximum absolute atomic E-state index is 9.64. The van der Waals surface area contributed by atoms with E-state index in [0.717, 1.165) is 5.56 Å². The number of nitrogens with zero attached hydrogens (tertiary/aromatic N) is 4. The van der Waals surface area contributed by atoms with Gasteiger partial charge in [0.2, 0.25) is 4.96 Å². The quantitative estimate of drug-likeness (QED) is 0.442. The van der Waals surface area contributed by atoms with Crippen LogP contribution in [0.15, 0.2) is 34.8 Å². The first kappa shape index (κ1) is 16.6. The van der Waals surface area contributed by atoms with E-state index < -0.39 is 0 Å². The van der Waals surface area contributed by atoms with E-state index in [9.17, 15) is 10.2 Å². The Hall–Kier alpha value is -1.87. The summed E-state index contributed by atoms with van der Waals surface area (Å²) in [4.78, 5) is 0.578. The molecule has 2 N–H and O–H groups in total. The van der Waals surface area contributed by atoms with Crippen LogP contribution in [0.2, 0.25) is 10.0 Å². The molecular formula is C15H7BrCl2N4O2S. The number of hydrogen-bond acceptors (Lipinski definition) is 6. The number of fused-ring (bicyclic) bond motifs is 1. The van der Waals surface area contributed by atoms with Gasteiger partial charge in [0.25, 0.3) is 0 Å². The highest BCUT2D eigenvalue weighted by atomic mass is 79.9. The normalized spacial score (nSPS) is 11.3. The highest BCUT2D eigenvalue weighted by Crippen LogP contribution is 2.40. The van der Waals surface area contributed by atoms with Gasteiger partial charge in [-0.25, -0.2) is 0 Å². The fourth-order valence-corrected chi connectivity index (χ4v) is 3.98. The van der Waals surface area contributed by atoms with Gasteiger partial charge < -0.3 is 10.2 Å². The van der Waals surface area contributed by atoms with Crippen LogP contribution < -0.4 is 0 Å². The second-order valence-electron chi connectivity index (χ2n) is 5.05. The molecule has 2 aromatic carbocycles. The van der Waals surface area contributed by atoms with Gasteiger partial charge in [-0.15, -0.1) is 10.2 Å². The van der Waals surface area contributed by atoms with Gasteiger partial charge in [0.15, 0.2) is 5.82 Å². The van der Waals surface area contributed by atoms with Crippen molar-refractivity contribution >= 4 is 55.4 Å². The van der Waals surface area contributed by atoms with Crippen molar-refractivity contribution in [2.45, 2.75) is 0 Å². The number of hydrogen-bond donors (Lipinski definition) is 2. The van der Waals surface area contributed by atoms with Crippen molar-refractivity contribution in [1.82, 2.24) is 19.8 Å². The highest BCUT2D eigenvalue weighted by molar-refractivity contribution is 9.10. The van der Waals surface area contributed by atoms with Crippen molar-refractivity contribution in [3.05, 3.63) is 44.8 Å². The van der Waals surface area contributed by atoms with Crippen molar-refractivity contribution in [3.63, 3.8) is 0 Å². The minimum atomic E-state index is -0.0898. The van der Waals surface area contributed by atoms with Gasteiger partial charge in [-0.3, -0.25) is 0 Å². The average Bonchev–Trinajstić information content (AvgIpc) is 3.16. The lowest BCUT2D eigenvalue weighted by Crippen LogP contribution is -1.91. The molecule has 6 nitrogen and oxygen atoms in total. The van der Waals surface area contributed by atoms with Crippen molar-refractivity contribution in [3.8, 4) is 33.5 Å². The molecule has 0 radical (unpaired) electrons. The van der Waals surface area contributed by atoms with Gasteiger partial charge in [-0.05, 0) is 46.3 Å². The van der Waals surface area contributed by atoms with Crippen LogP contribution in [0.1, 0.15) is 0 Å². The summed E-state index contributed by atoms with van der Waals surface area (Å²) in [6, 6.07) is 8.12. The van der Waals surface area contributed by atoms with Crippen LogP contribution in [-0.4, -0.2) is 30.0 Å². The van der Waals surface area contributed by atoms with Crippen LogP contribution in [0.5, 0.6) is 11.5 Å². The number of aromatic hydroxyl groups is 2. The number of halogens is 3. The van der Waals surface area contributed by atoms with Gasteiger partial charge in [0.1, 0.15) is 21.5 Å². The topological polar surface area (TPSA) is 83.5 Å². The molecule has 25 heavy (non-hydrogen) atoms. The number of aromatic nitrogens is 4. The summed E-state index contributed by atoms with van der Waals surface area (Å²) in [5.74, 6) is 0.571. The van der Waals surface area contributed by atoms with Crippen LogP contribution in [0.3, 0.4) is 0 Å². The summed E-state index contributed by atoms with van der Waals surface area (Å²) in [5.41, 5.74) is 1.33. The Kier molecular flexibility index (Phi) is 4.07. The van der Waals surface area contributed by atoms with Crippen LogP contribution in [0, 0.1) is 0 Å². The minimum Gasteiger partial charge on any atom is -0.507 e. The third-order valence-corrected chi connectivity index (χ3v) is 5.93. The maximum Gasteiger partial charge on any atom is 0.235 e. The zero-order chi connectivity index (χ0) is 17.7. The molecule has 2 heterocycles. The largest absolute Gasteiger partial charge is 0.507 e. The van der Waals surface area contributed by atoms with Crippen LogP contribution in [-0.2, 0) is 0 Å². The summed E-state index contributed by atoms with van der Waals surface area (Å²) < 4.78 is 2.14. The Morgan fingerprint density at radius 3 is 2.52 bits per heavy atom. The van der Waals surface area contributed by atoms with Crippen molar-refractivity contribution in [1.29, 1.82) is 0 Å². The third kappa shape index (κ3) is 2.75. The molecule has 0 saturated heterocycles. The molecule has 0 amide bonds. The van der Waals surface area contributed by atoms with E-state index in [2.05, 4.69) is 31.2 Å². The van der Waals surface area contributed by atoms with Crippen LogP contribution >= 0.6 is 50.5 Å². The lowest BCUT2D eigenvalue weighted by molar-refractivity contribution is 0.472. The molecule has 4 rings (SSSR count). The van der Waals surface area contributed by atoms with E-state index in [4.69, 9.17) is 23.2 Å². The van der Waals surface area contributed by atoms with Crippen LogP contribution in [0.25, 0.3) is 26.9 Å². The van der Waals surface area contributed by atoms with Crippen molar-refractivity contribution in [2.24, 2.45) is 0 Å². The van der Waals surface area contributed by atoms with Crippen molar-refractivity contribution < 1.29 is 10.2 Å². The number of phenolic OH excluding ortho intramolecular Hbond substituents is 2. The Morgan fingerprint density at radius 1 is 1.00 bits per heavy atom. The number of phenols is 2. The Morgan fingerprint density at radius 2 is 1.76 bits per heavy atom. The lowest BCUT2D eigenvalue weighted by Gasteiger charge is -2.04. The molecule has 0 atom stereocenters. The molecule has 10 heteroatoms. The first-order valence-corrected chi connectivity index (χ1v) is 9.20. The molecule has 4 aromatic rings. The summed E-state index contributed by atoms with van der Waals surface area (Å²) in [5, 5.41) is 32.9. The van der Waals surface area contributed by atoms with E-state index in [1.54, 1.807) is 28.8 Å². The van der Waals surface area contributed by atoms with Gasteiger partial charge in [0.05, 0.1) is 9.50 Å². The lowest BCUT2D eigenvalue weighted by atomic mass is 10.2. The molecule has 0 unspecified atom stereocenters. The van der Waals surface area contributed by atoms with E-state index in [0.29, 0.717) is 25.8 Å². The van der Waals surface area contributed by atoms with E-state index in [-0.39, 0.29) is 21.5 Å². The maximum atomic E-state index is 9.64. The predicted molar refractivity (Wildman–Crippen MR) is 101 cm³/mol. The first-order valence-electron chi connectivity index (χ1n) is 6.84. The summed E-state index contributed by atoms with van der Waals surface area (Å²) >= 11 is 16.8. The second kappa shape index (κ2) is 6.14. The average molecular weight is 458 g/mol. The minimum absolute atomic E-state index is 0.0767. The zero-order valence-electron chi connectivity index (χ0n) is 12.1. The molecule has 0 spiro atoms. The van der Waals surface area contributed by atoms with Gasteiger partial charge in [-0.1, -0.05) is 34.5 Å². The first-order chi connectivity index (χ1) is 12.0. The van der Waals surface area contributed by atoms with E-state index >= 15 is 0 Å². The smallest absolute Gasteiger partial charge is 0.235 e. The Balaban J connectivity index is 1.86. The summed E-state index contributed by atoms with van der Waals surface area (Å²) in [6.45, 7) is 0. The Labute approximate surface area is 163 Å². The predicted octanol–water partition coefficient (Wildman–Crippen LogP) is 5.00. The third-order valence-electron chi connectivity index (χ3n) is 3.49. The number of benzene rings is 2. The van der Waals surface area contributed by atoms with Gasteiger partial charge in [-0.2, -0.15) is 9.61 Å².